The van der Waals surface area contributed by atoms with Gasteiger partial charge in [-0.3, -0.25) is 14.4 Å². The number of benzene rings is 2. The molecule has 2 aromatic carbocycles. The van der Waals surface area contributed by atoms with Crippen LogP contribution in [-0.4, -0.2) is 17.5 Å². The summed E-state index contributed by atoms with van der Waals surface area (Å²) in [5, 5.41) is 5.53. The van der Waals surface area contributed by atoms with E-state index in [-0.39, 0.29) is 18.6 Å². The highest BCUT2D eigenvalue weighted by atomic mass is 16.5. The Bertz CT molecular complexity index is 884. The molecule has 4 rings (SSSR count). The lowest BCUT2D eigenvalue weighted by atomic mass is 10.0. The van der Waals surface area contributed by atoms with E-state index in [0.717, 1.165) is 11.3 Å². The highest BCUT2D eigenvalue weighted by Gasteiger charge is 2.23. The van der Waals surface area contributed by atoms with Crippen molar-refractivity contribution in [3.63, 3.8) is 0 Å². The fourth-order valence-corrected chi connectivity index (χ4v) is 2.90. The first-order valence-electron chi connectivity index (χ1n) is 7.76. The van der Waals surface area contributed by atoms with E-state index in [1.165, 1.54) is 0 Å². The van der Waals surface area contributed by atoms with Gasteiger partial charge in [0.2, 0.25) is 5.78 Å². The molecule has 0 saturated carbocycles. The topological polar surface area (TPSA) is 84.5 Å². The number of ether oxygens (including phenoxy) is 1. The maximum absolute atomic E-state index is 11.8. The van der Waals surface area contributed by atoms with Crippen molar-refractivity contribution in [2.45, 2.75) is 12.8 Å². The zero-order chi connectivity index (χ0) is 17.6. The summed E-state index contributed by atoms with van der Waals surface area (Å²) in [7, 11) is 0. The minimum Gasteiger partial charge on any atom is -0.457 e. The number of carbonyl (C=O) groups excluding carboxylic acids is 3. The summed E-state index contributed by atoms with van der Waals surface area (Å²) < 4.78 is 5.85. The molecule has 0 saturated heterocycles. The lowest BCUT2D eigenvalue weighted by molar-refractivity contribution is -0.134. The third kappa shape index (κ3) is 2.78. The number of carbonyl (C=O) groups is 3. The van der Waals surface area contributed by atoms with E-state index in [9.17, 15) is 14.4 Å². The van der Waals surface area contributed by atoms with Crippen molar-refractivity contribution < 1.29 is 19.1 Å². The number of anilines is 2. The summed E-state index contributed by atoms with van der Waals surface area (Å²) in [5.41, 5.74) is 3.41. The van der Waals surface area contributed by atoms with Gasteiger partial charge >= 0.3 is 0 Å². The fraction of sp³-hybridized carbons (Fsp3) is 0.105. The smallest absolute Gasteiger partial charge is 0.292 e. The second-order valence-corrected chi connectivity index (χ2v) is 6.00. The van der Waals surface area contributed by atoms with Crippen molar-refractivity contribution in [2.75, 3.05) is 10.6 Å². The largest absolute Gasteiger partial charge is 0.457 e. The summed E-state index contributed by atoms with van der Waals surface area (Å²) in [6.45, 7) is 3.69. The van der Waals surface area contributed by atoms with Gasteiger partial charge in [-0.15, -0.1) is 0 Å². The summed E-state index contributed by atoms with van der Waals surface area (Å²) in [5.74, 6) is 0.0414. The molecule has 6 heteroatoms. The Kier molecular flexibility index (Phi) is 3.39. The third-order valence-electron chi connectivity index (χ3n) is 4.21. The Morgan fingerprint density at radius 2 is 1.36 bits per heavy atom. The summed E-state index contributed by atoms with van der Waals surface area (Å²) >= 11 is 0. The number of fused-ring (bicyclic) bond motifs is 2. The Hall–Kier alpha value is -3.41. The molecule has 2 aliphatic heterocycles. The van der Waals surface area contributed by atoms with Gasteiger partial charge in [-0.1, -0.05) is 6.58 Å². The molecular weight excluding hydrogens is 320 g/mol. The van der Waals surface area contributed by atoms with E-state index in [0.29, 0.717) is 28.4 Å². The molecule has 124 valence electrons. The van der Waals surface area contributed by atoms with Crippen LogP contribution in [0.1, 0.15) is 11.1 Å². The number of Topliss-reactive ketones (excluding diaryl/α,β-unsaturated/α-hetero) is 2. The average Bonchev–Trinajstić information content (AvgIpc) is 2.57. The van der Waals surface area contributed by atoms with Crippen molar-refractivity contribution in [1.29, 1.82) is 0 Å². The molecule has 2 heterocycles. The van der Waals surface area contributed by atoms with Crippen LogP contribution in [-0.2, 0) is 27.2 Å². The van der Waals surface area contributed by atoms with Gasteiger partial charge in [0.15, 0.2) is 5.78 Å². The maximum atomic E-state index is 11.8. The van der Waals surface area contributed by atoms with Crippen LogP contribution in [0.2, 0.25) is 0 Å². The van der Waals surface area contributed by atoms with Crippen LogP contribution in [0.15, 0.2) is 48.7 Å². The highest BCUT2D eigenvalue weighted by molar-refractivity contribution is 6.42. The molecule has 0 aromatic heterocycles. The first kappa shape index (κ1) is 15.1. The number of ketones is 2. The zero-order valence-corrected chi connectivity index (χ0v) is 13.2. The molecule has 2 N–H and O–H groups in total. The van der Waals surface area contributed by atoms with Crippen molar-refractivity contribution in [3.05, 3.63) is 59.8 Å². The molecule has 1 amide bonds. The predicted molar refractivity (Wildman–Crippen MR) is 91.8 cm³/mol. The lowest BCUT2D eigenvalue weighted by Gasteiger charge is -2.20. The number of hydrogen-bond donors (Lipinski definition) is 2. The quantitative estimate of drug-likeness (QED) is 0.651. The molecule has 0 atom stereocenters. The van der Waals surface area contributed by atoms with Gasteiger partial charge in [0.25, 0.3) is 5.91 Å². The third-order valence-corrected chi connectivity index (χ3v) is 4.21. The van der Waals surface area contributed by atoms with E-state index in [2.05, 4.69) is 17.2 Å². The molecule has 0 bridgehead atoms. The predicted octanol–water partition coefficient (Wildman–Crippen LogP) is 2.59. The highest BCUT2D eigenvalue weighted by Crippen LogP contribution is 2.32. The first-order chi connectivity index (χ1) is 12.0. The van der Waals surface area contributed by atoms with Crippen LogP contribution in [0, 0.1) is 0 Å². The number of nitrogens with one attached hydrogen (secondary N) is 2. The van der Waals surface area contributed by atoms with Crippen LogP contribution in [0.25, 0.3) is 0 Å². The minimum atomic E-state index is -0.588. The van der Waals surface area contributed by atoms with Gasteiger partial charge in [0.1, 0.15) is 11.5 Å². The molecule has 0 radical (unpaired) electrons. The van der Waals surface area contributed by atoms with Gasteiger partial charge < -0.3 is 15.4 Å². The Morgan fingerprint density at radius 1 is 0.800 bits per heavy atom. The molecule has 25 heavy (non-hydrogen) atoms. The van der Waals surface area contributed by atoms with E-state index in [4.69, 9.17) is 4.74 Å². The van der Waals surface area contributed by atoms with E-state index in [1.54, 1.807) is 30.3 Å². The molecule has 0 spiro atoms. The molecule has 0 aliphatic carbocycles. The van der Waals surface area contributed by atoms with Crippen LogP contribution < -0.4 is 15.4 Å². The van der Waals surface area contributed by atoms with Crippen molar-refractivity contribution in [3.8, 4) is 11.5 Å². The van der Waals surface area contributed by atoms with Crippen LogP contribution >= 0.6 is 0 Å². The lowest BCUT2D eigenvalue weighted by Crippen LogP contribution is -2.29. The fourth-order valence-electron chi connectivity index (χ4n) is 2.90. The van der Waals surface area contributed by atoms with Gasteiger partial charge in [-0.05, 0) is 47.5 Å². The van der Waals surface area contributed by atoms with E-state index < -0.39 is 11.7 Å². The van der Waals surface area contributed by atoms with Crippen LogP contribution in [0.3, 0.4) is 0 Å². The van der Waals surface area contributed by atoms with Gasteiger partial charge in [-0.2, -0.15) is 0 Å². The Morgan fingerprint density at radius 3 is 2.00 bits per heavy atom. The monoisotopic (exact) mass is 334 g/mol. The van der Waals surface area contributed by atoms with Crippen LogP contribution in [0.4, 0.5) is 11.4 Å². The van der Waals surface area contributed by atoms with E-state index >= 15 is 0 Å². The molecular formula is C19H14N2O4. The zero-order valence-electron chi connectivity index (χ0n) is 13.2. The number of amides is 1. The number of allylic oxidation sites excluding steroid dienone is 1. The van der Waals surface area contributed by atoms with E-state index in [1.807, 2.05) is 6.07 Å². The minimum absolute atomic E-state index is 0.0484. The SMILES string of the molecule is C=C1Nc2ccc(Oc3ccc4c(c3)CC(=O)C(=O)N4)cc2CC1=O. The van der Waals surface area contributed by atoms with Gasteiger partial charge in [0.05, 0.1) is 5.70 Å². The maximum Gasteiger partial charge on any atom is 0.292 e. The average molecular weight is 334 g/mol. The van der Waals surface area contributed by atoms with Gasteiger partial charge in [0, 0.05) is 24.2 Å². The van der Waals surface area contributed by atoms with Crippen LogP contribution in [0.5, 0.6) is 11.5 Å². The molecule has 0 unspecified atom stereocenters. The Labute approximate surface area is 143 Å². The normalized spacial score (nSPS) is 15.8. The summed E-state index contributed by atoms with van der Waals surface area (Å²) in [6.07, 6.45) is 0.339. The molecule has 2 aromatic rings. The number of rotatable bonds is 2. The van der Waals surface area contributed by atoms with Crippen molar-refractivity contribution in [2.24, 2.45) is 0 Å². The summed E-state index contributed by atoms with van der Waals surface area (Å²) in [6, 6.07) is 10.6. The molecule has 0 fully saturated rings. The van der Waals surface area contributed by atoms with Crippen molar-refractivity contribution >= 4 is 28.8 Å². The number of hydrogen-bond acceptors (Lipinski definition) is 5. The molecule has 2 aliphatic rings. The second kappa shape index (κ2) is 5.59. The first-order valence-corrected chi connectivity index (χ1v) is 7.76. The van der Waals surface area contributed by atoms with Gasteiger partial charge in [-0.25, -0.2) is 0 Å². The summed E-state index contributed by atoms with van der Waals surface area (Å²) in [4.78, 5) is 34.7. The Balaban J connectivity index is 1.59. The molecule has 6 nitrogen and oxygen atoms in total. The van der Waals surface area contributed by atoms with Crippen molar-refractivity contribution in [1.82, 2.24) is 0 Å². The standard InChI is InChI=1S/C19H14N2O4/c1-10-17(22)8-11-6-13(2-4-15(11)20-10)25-14-3-5-16-12(7-14)9-18(23)19(24)21-16/h2-7,20H,1,8-9H2,(H,21,24). The second-order valence-electron chi connectivity index (χ2n) is 6.00.